The second-order valence-electron chi connectivity index (χ2n) is 4.28. The number of nitrogen functional groups attached to an aromatic ring is 1. The first-order valence-corrected chi connectivity index (χ1v) is 6.89. The molecule has 3 N–H and O–H groups in total. The molecule has 3 rings (SSSR count). The Labute approximate surface area is 119 Å². The number of ether oxygens (including phenoxy) is 2. The van der Waals surface area contributed by atoms with Gasteiger partial charge in [-0.15, -0.1) is 0 Å². The Kier molecular flexibility index (Phi) is 3.19. The van der Waals surface area contributed by atoms with Crippen LogP contribution < -0.4 is 20.5 Å². The highest BCUT2D eigenvalue weighted by Gasteiger charge is 2.16. The number of nitrogens with two attached hydrogens (primary N) is 1. The van der Waals surface area contributed by atoms with Gasteiger partial charge in [0.2, 0.25) is 0 Å². The van der Waals surface area contributed by atoms with Crippen LogP contribution in [0.2, 0.25) is 0 Å². The van der Waals surface area contributed by atoms with Gasteiger partial charge in [0, 0.05) is 11.8 Å². The Hall–Kier alpha value is -2.28. The molecule has 1 aliphatic heterocycles. The number of benzene rings is 1. The van der Waals surface area contributed by atoms with E-state index < -0.39 is 0 Å². The van der Waals surface area contributed by atoms with Gasteiger partial charge in [0.1, 0.15) is 18.1 Å². The fourth-order valence-electron chi connectivity index (χ4n) is 1.94. The van der Waals surface area contributed by atoms with Crippen LogP contribution in [0.5, 0.6) is 11.5 Å². The third-order valence-corrected chi connectivity index (χ3v) is 3.80. The normalized spacial score (nSPS) is 13.1. The summed E-state index contributed by atoms with van der Waals surface area (Å²) in [6.45, 7) is 2.80. The van der Waals surface area contributed by atoms with Crippen LogP contribution in [-0.4, -0.2) is 24.1 Å². The Balaban J connectivity index is 1.81. The summed E-state index contributed by atoms with van der Waals surface area (Å²) in [5.41, 5.74) is 6.86. The van der Waals surface area contributed by atoms with Crippen LogP contribution in [0.1, 0.15) is 15.4 Å². The van der Waals surface area contributed by atoms with E-state index in [-0.39, 0.29) is 5.91 Å². The first-order valence-electron chi connectivity index (χ1n) is 6.07. The van der Waals surface area contributed by atoms with Gasteiger partial charge in [-0.2, -0.15) is 0 Å². The van der Waals surface area contributed by atoms with Gasteiger partial charge in [-0.1, -0.05) is 11.3 Å². The van der Waals surface area contributed by atoms with Gasteiger partial charge in [0.25, 0.3) is 5.91 Å². The number of thiazole rings is 1. The minimum Gasteiger partial charge on any atom is -0.486 e. The second kappa shape index (κ2) is 5.01. The van der Waals surface area contributed by atoms with Gasteiger partial charge in [-0.25, -0.2) is 4.98 Å². The second-order valence-corrected chi connectivity index (χ2v) is 5.31. The molecule has 1 aliphatic rings. The number of hydrogen-bond donors (Lipinski definition) is 2. The molecular formula is C13H13N3O3S. The predicted molar refractivity (Wildman–Crippen MR) is 76.6 cm³/mol. The average molecular weight is 291 g/mol. The van der Waals surface area contributed by atoms with Crippen LogP contribution in [0.3, 0.4) is 0 Å². The van der Waals surface area contributed by atoms with Crippen molar-refractivity contribution in [1.82, 2.24) is 4.98 Å². The number of carbonyl (C=O) groups excluding carboxylic acids is 1. The molecule has 2 aromatic rings. The van der Waals surface area contributed by atoms with Crippen molar-refractivity contribution in [3.05, 3.63) is 28.8 Å². The Morgan fingerprint density at radius 3 is 2.80 bits per heavy atom. The smallest absolute Gasteiger partial charge is 0.267 e. The van der Waals surface area contributed by atoms with Crippen LogP contribution in [-0.2, 0) is 0 Å². The molecular weight excluding hydrogens is 278 g/mol. The maximum atomic E-state index is 12.1. The number of nitrogens with zero attached hydrogens (tertiary/aromatic N) is 1. The van der Waals surface area contributed by atoms with E-state index in [1.165, 1.54) is 11.3 Å². The first-order chi connectivity index (χ1) is 9.63. The van der Waals surface area contributed by atoms with Crippen molar-refractivity contribution in [2.45, 2.75) is 6.92 Å². The Bertz CT molecular complexity index is 669. The Morgan fingerprint density at radius 1 is 1.35 bits per heavy atom. The lowest BCUT2D eigenvalue weighted by Gasteiger charge is -2.18. The number of amides is 1. The van der Waals surface area contributed by atoms with Crippen molar-refractivity contribution in [3.8, 4) is 11.5 Å². The summed E-state index contributed by atoms with van der Waals surface area (Å²) in [6.07, 6.45) is 0. The number of fused-ring (bicyclic) bond motifs is 1. The van der Waals surface area contributed by atoms with Gasteiger partial charge in [-0.05, 0) is 19.1 Å². The zero-order chi connectivity index (χ0) is 14.1. The number of aryl methyl sites for hydroxylation is 1. The predicted octanol–water partition coefficient (Wildman–Crippen LogP) is 2.06. The van der Waals surface area contributed by atoms with Gasteiger partial charge in [-0.3, -0.25) is 4.79 Å². The molecule has 6 nitrogen and oxygen atoms in total. The summed E-state index contributed by atoms with van der Waals surface area (Å²) in [6, 6.07) is 5.29. The van der Waals surface area contributed by atoms with Gasteiger partial charge in [0.05, 0.1) is 5.69 Å². The molecule has 7 heteroatoms. The van der Waals surface area contributed by atoms with Crippen LogP contribution in [0, 0.1) is 6.92 Å². The van der Waals surface area contributed by atoms with E-state index in [1.54, 1.807) is 25.1 Å². The monoisotopic (exact) mass is 291 g/mol. The van der Waals surface area contributed by atoms with Crippen molar-refractivity contribution in [1.29, 1.82) is 0 Å². The van der Waals surface area contributed by atoms with E-state index in [0.29, 0.717) is 46.1 Å². The topological polar surface area (TPSA) is 86.5 Å². The minimum absolute atomic E-state index is 0.228. The van der Waals surface area contributed by atoms with Crippen molar-refractivity contribution >= 4 is 28.1 Å². The van der Waals surface area contributed by atoms with Crippen LogP contribution >= 0.6 is 11.3 Å². The summed E-state index contributed by atoms with van der Waals surface area (Å²) in [7, 11) is 0. The molecule has 0 unspecified atom stereocenters. The zero-order valence-electron chi connectivity index (χ0n) is 10.8. The Morgan fingerprint density at radius 2 is 2.10 bits per heavy atom. The molecule has 104 valence electrons. The van der Waals surface area contributed by atoms with E-state index in [4.69, 9.17) is 15.2 Å². The molecule has 0 radical (unpaired) electrons. The fraction of sp³-hybridized carbons (Fsp3) is 0.231. The molecule has 0 aliphatic carbocycles. The molecule has 0 fully saturated rings. The van der Waals surface area contributed by atoms with Gasteiger partial charge >= 0.3 is 0 Å². The highest BCUT2D eigenvalue weighted by atomic mass is 32.1. The van der Waals surface area contributed by atoms with E-state index >= 15 is 0 Å². The lowest BCUT2D eigenvalue weighted by molar-refractivity contribution is 0.102. The van der Waals surface area contributed by atoms with Crippen molar-refractivity contribution in [2.24, 2.45) is 0 Å². The van der Waals surface area contributed by atoms with Gasteiger partial charge < -0.3 is 20.5 Å². The molecule has 0 atom stereocenters. The van der Waals surface area contributed by atoms with E-state index in [2.05, 4.69) is 10.3 Å². The zero-order valence-corrected chi connectivity index (χ0v) is 11.6. The molecule has 0 bridgehead atoms. The number of rotatable bonds is 2. The quantitative estimate of drug-likeness (QED) is 0.884. The largest absolute Gasteiger partial charge is 0.486 e. The molecule has 20 heavy (non-hydrogen) atoms. The lowest BCUT2D eigenvalue weighted by Crippen LogP contribution is -2.16. The molecule has 1 aromatic heterocycles. The summed E-state index contributed by atoms with van der Waals surface area (Å²) in [5, 5.41) is 3.19. The molecule has 1 amide bonds. The molecule has 0 spiro atoms. The minimum atomic E-state index is -0.228. The van der Waals surface area contributed by atoms with Crippen LogP contribution in [0.25, 0.3) is 0 Å². The molecule has 2 heterocycles. The van der Waals surface area contributed by atoms with Crippen molar-refractivity contribution in [2.75, 3.05) is 24.3 Å². The number of anilines is 2. The van der Waals surface area contributed by atoms with E-state index in [1.807, 2.05) is 0 Å². The first kappa shape index (κ1) is 12.7. The van der Waals surface area contributed by atoms with Crippen molar-refractivity contribution < 1.29 is 14.3 Å². The molecule has 0 saturated heterocycles. The fourth-order valence-corrected chi connectivity index (χ4v) is 2.67. The lowest BCUT2D eigenvalue weighted by atomic mass is 10.2. The van der Waals surface area contributed by atoms with E-state index in [0.717, 1.165) is 0 Å². The number of carbonyl (C=O) groups is 1. The summed E-state index contributed by atoms with van der Waals surface area (Å²) in [5.74, 6) is 1.09. The third-order valence-electron chi connectivity index (χ3n) is 2.82. The maximum Gasteiger partial charge on any atom is 0.267 e. The SMILES string of the molecule is Cc1nc(N)sc1C(=O)Nc1ccc2c(c1)OCCO2. The number of aromatic nitrogens is 1. The van der Waals surface area contributed by atoms with Crippen LogP contribution in [0.4, 0.5) is 10.8 Å². The number of nitrogens with one attached hydrogen (secondary N) is 1. The van der Waals surface area contributed by atoms with Gasteiger partial charge in [0.15, 0.2) is 16.6 Å². The van der Waals surface area contributed by atoms with E-state index in [9.17, 15) is 4.79 Å². The third kappa shape index (κ3) is 2.39. The number of hydrogen-bond acceptors (Lipinski definition) is 6. The molecule has 0 saturated carbocycles. The summed E-state index contributed by atoms with van der Waals surface area (Å²) >= 11 is 1.17. The van der Waals surface area contributed by atoms with Crippen LogP contribution in [0.15, 0.2) is 18.2 Å². The van der Waals surface area contributed by atoms with Crippen molar-refractivity contribution in [3.63, 3.8) is 0 Å². The maximum absolute atomic E-state index is 12.1. The molecule has 1 aromatic carbocycles. The summed E-state index contributed by atoms with van der Waals surface area (Å²) in [4.78, 5) is 16.7. The standard InChI is InChI=1S/C13H13N3O3S/c1-7-11(20-13(14)15-7)12(17)16-8-2-3-9-10(6-8)19-5-4-18-9/h2-3,6H,4-5H2,1H3,(H2,14,15)(H,16,17). The highest BCUT2D eigenvalue weighted by molar-refractivity contribution is 7.17. The highest BCUT2D eigenvalue weighted by Crippen LogP contribution is 2.33. The average Bonchev–Trinajstić information content (AvgIpc) is 2.78. The summed E-state index contributed by atoms with van der Waals surface area (Å²) < 4.78 is 10.9.